The van der Waals surface area contributed by atoms with Crippen LogP contribution in [-0.4, -0.2) is 48.5 Å². The highest BCUT2D eigenvalue weighted by atomic mass is 16.5. The van der Waals surface area contributed by atoms with Crippen LogP contribution in [0.15, 0.2) is 46.9 Å². The molecule has 0 unspecified atom stereocenters. The van der Waals surface area contributed by atoms with E-state index >= 15 is 0 Å². The zero-order chi connectivity index (χ0) is 17.8. The maximum atomic E-state index is 12.5. The Morgan fingerprint density at radius 3 is 2.54 bits per heavy atom. The van der Waals surface area contributed by atoms with E-state index in [1.807, 2.05) is 35.2 Å². The Hall–Kier alpha value is -2.11. The zero-order valence-electron chi connectivity index (χ0n) is 15.1. The highest BCUT2D eigenvalue weighted by molar-refractivity contribution is 5.94. The van der Waals surface area contributed by atoms with Gasteiger partial charge in [-0.25, -0.2) is 0 Å². The van der Waals surface area contributed by atoms with Crippen molar-refractivity contribution < 1.29 is 13.9 Å². The van der Waals surface area contributed by atoms with Gasteiger partial charge in [0.15, 0.2) is 0 Å². The molecule has 2 saturated heterocycles. The van der Waals surface area contributed by atoms with Crippen molar-refractivity contribution in [3.63, 3.8) is 0 Å². The van der Waals surface area contributed by atoms with Gasteiger partial charge in [-0.2, -0.15) is 0 Å². The third-order valence-electron chi connectivity index (χ3n) is 5.24. The Balaban J connectivity index is 1.29. The molecule has 3 heterocycles. The molecule has 1 amide bonds. The largest absolute Gasteiger partial charge is 0.462 e. The first-order valence-corrected chi connectivity index (χ1v) is 9.56. The molecule has 1 aromatic carbocycles. The number of piperazine rings is 1. The number of hydrogen-bond donors (Lipinski definition) is 0. The van der Waals surface area contributed by atoms with Gasteiger partial charge in [-0.05, 0) is 43.5 Å². The third kappa shape index (κ3) is 4.00. The topological polar surface area (TPSA) is 45.9 Å². The molecule has 26 heavy (non-hydrogen) atoms. The van der Waals surface area contributed by atoms with Crippen LogP contribution in [0.4, 0.5) is 0 Å². The van der Waals surface area contributed by atoms with Crippen LogP contribution in [0.3, 0.4) is 0 Å². The van der Waals surface area contributed by atoms with Crippen molar-refractivity contribution in [3.05, 3.63) is 59.5 Å². The summed E-state index contributed by atoms with van der Waals surface area (Å²) in [5.74, 6) is 2.06. The van der Waals surface area contributed by atoms with Crippen LogP contribution >= 0.6 is 0 Å². The molecule has 0 bridgehead atoms. The molecule has 2 aliphatic heterocycles. The Morgan fingerprint density at radius 2 is 1.81 bits per heavy atom. The van der Waals surface area contributed by atoms with E-state index in [4.69, 9.17) is 9.15 Å². The number of amides is 1. The fourth-order valence-corrected chi connectivity index (χ4v) is 3.71. The molecule has 0 N–H and O–H groups in total. The van der Waals surface area contributed by atoms with Crippen molar-refractivity contribution in [1.82, 2.24) is 9.80 Å². The summed E-state index contributed by atoms with van der Waals surface area (Å²) in [4.78, 5) is 16.8. The van der Waals surface area contributed by atoms with Crippen LogP contribution in [0.5, 0.6) is 0 Å². The van der Waals surface area contributed by atoms with Crippen LogP contribution in [0.25, 0.3) is 0 Å². The number of benzene rings is 1. The average molecular weight is 354 g/mol. The smallest absolute Gasteiger partial charge is 0.253 e. The predicted molar refractivity (Wildman–Crippen MR) is 98.9 cm³/mol. The van der Waals surface area contributed by atoms with Gasteiger partial charge in [0.25, 0.3) is 5.91 Å². The lowest BCUT2D eigenvalue weighted by molar-refractivity contribution is 0.000649. The summed E-state index contributed by atoms with van der Waals surface area (Å²) in [6.45, 7) is 4.88. The van der Waals surface area contributed by atoms with Gasteiger partial charge in [0.05, 0.1) is 6.54 Å². The Labute approximate surface area is 154 Å². The minimum atomic E-state index is 0.123. The predicted octanol–water partition coefficient (Wildman–Crippen LogP) is 3.48. The number of ether oxygens (including phenoxy) is 1. The monoisotopic (exact) mass is 354 g/mol. The Morgan fingerprint density at radius 1 is 1.00 bits per heavy atom. The van der Waals surface area contributed by atoms with Crippen molar-refractivity contribution in [3.8, 4) is 0 Å². The molecule has 1 atom stereocenters. The van der Waals surface area contributed by atoms with Crippen molar-refractivity contribution in [2.45, 2.75) is 31.9 Å². The second kappa shape index (κ2) is 8.06. The van der Waals surface area contributed by atoms with E-state index in [0.29, 0.717) is 0 Å². The normalized spacial score (nSPS) is 21.7. The molecule has 0 radical (unpaired) electrons. The molecule has 0 aliphatic carbocycles. The quantitative estimate of drug-likeness (QED) is 0.843. The third-order valence-corrected chi connectivity index (χ3v) is 5.24. The van der Waals surface area contributed by atoms with Crippen molar-refractivity contribution in [2.24, 2.45) is 0 Å². The molecule has 2 aliphatic rings. The molecule has 2 fully saturated rings. The minimum absolute atomic E-state index is 0.123. The number of hydrogen-bond acceptors (Lipinski definition) is 4. The average Bonchev–Trinajstić information content (AvgIpc) is 3.18. The molecule has 138 valence electrons. The van der Waals surface area contributed by atoms with E-state index in [1.54, 1.807) is 0 Å². The standard InChI is InChI=1S/C21H26N2O3/c24-21(17-6-2-1-3-7-17)23-13-11-22(12-14-23)16-18-9-10-20(26-18)19-8-4-5-15-25-19/h1-3,6-7,9-10,19H,4-5,8,11-16H2/t19-/m1/s1. The second-order valence-electron chi connectivity index (χ2n) is 7.09. The van der Waals surface area contributed by atoms with E-state index in [9.17, 15) is 4.79 Å². The van der Waals surface area contributed by atoms with Gasteiger partial charge in [0.2, 0.25) is 0 Å². The number of nitrogens with zero attached hydrogens (tertiary/aromatic N) is 2. The first kappa shape index (κ1) is 17.3. The van der Waals surface area contributed by atoms with Crippen LogP contribution < -0.4 is 0 Å². The number of carbonyl (C=O) groups is 1. The molecule has 4 rings (SSSR count). The molecule has 0 spiro atoms. The Kier molecular flexibility index (Phi) is 5.37. The van der Waals surface area contributed by atoms with Gasteiger partial charge < -0.3 is 14.1 Å². The van der Waals surface area contributed by atoms with Gasteiger partial charge in [0.1, 0.15) is 17.6 Å². The first-order chi connectivity index (χ1) is 12.8. The lowest BCUT2D eigenvalue weighted by Gasteiger charge is -2.34. The molecule has 2 aromatic rings. The molecule has 5 nitrogen and oxygen atoms in total. The molecular weight excluding hydrogens is 328 g/mol. The van der Waals surface area contributed by atoms with Crippen LogP contribution in [0.2, 0.25) is 0 Å². The molecule has 1 aromatic heterocycles. The zero-order valence-corrected chi connectivity index (χ0v) is 15.1. The summed E-state index contributed by atoms with van der Waals surface area (Å²) in [6.07, 6.45) is 3.53. The number of carbonyl (C=O) groups excluding carboxylic acids is 1. The maximum absolute atomic E-state index is 12.5. The van der Waals surface area contributed by atoms with E-state index < -0.39 is 0 Å². The summed E-state index contributed by atoms with van der Waals surface area (Å²) >= 11 is 0. The fourth-order valence-electron chi connectivity index (χ4n) is 3.71. The lowest BCUT2D eigenvalue weighted by atomic mass is 10.1. The summed E-state index contributed by atoms with van der Waals surface area (Å²) in [6, 6.07) is 13.6. The summed E-state index contributed by atoms with van der Waals surface area (Å²) in [7, 11) is 0. The van der Waals surface area contributed by atoms with E-state index in [2.05, 4.69) is 17.0 Å². The summed E-state index contributed by atoms with van der Waals surface area (Å²) < 4.78 is 11.8. The van der Waals surface area contributed by atoms with Crippen molar-refractivity contribution in [1.29, 1.82) is 0 Å². The van der Waals surface area contributed by atoms with Gasteiger partial charge >= 0.3 is 0 Å². The van der Waals surface area contributed by atoms with Crippen molar-refractivity contribution in [2.75, 3.05) is 32.8 Å². The van der Waals surface area contributed by atoms with Crippen LogP contribution in [0, 0.1) is 0 Å². The maximum Gasteiger partial charge on any atom is 0.253 e. The minimum Gasteiger partial charge on any atom is -0.462 e. The number of furan rings is 1. The van der Waals surface area contributed by atoms with Crippen LogP contribution in [0.1, 0.15) is 47.2 Å². The SMILES string of the molecule is O=C(c1ccccc1)N1CCN(Cc2ccc([C@H]3CCCCO3)o2)CC1. The van der Waals surface area contributed by atoms with Gasteiger partial charge in [-0.3, -0.25) is 9.69 Å². The molecule has 5 heteroatoms. The van der Waals surface area contributed by atoms with E-state index in [0.717, 1.165) is 69.3 Å². The van der Waals surface area contributed by atoms with E-state index in [1.165, 1.54) is 6.42 Å². The highest BCUT2D eigenvalue weighted by Gasteiger charge is 2.24. The molecular formula is C21H26N2O3. The van der Waals surface area contributed by atoms with Gasteiger partial charge in [0, 0.05) is 38.3 Å². The van der Waals surface area contributed by atoms with E-state index in [-0.39, 0.29) is 12.0 Å². The Bertz CT molecular complexity index is 714. The second-order valence-corrected chi connectivity index (χ2v) is 7.09. The van der Waals surface area contributed by atoms with Crippen LogP contribution in [-0.2, 0) is 11.3 Å². The number of rotatable bonds is 4. The highest BCUT2D eigenvalue weighted by Crippen LogP contribution is 2.29. The van der Waals surface area contributed by atoms with Gasteiger partial charge in [-0.1, -0.05) is 18.2 Å². The lowest BCUT2D eigenvalue weighted by Crippen LogP contribution is -2.48. The summed E-state index contributed by atoms with van der Waals surface area (Å²) in [5.41, 5.74) is 0.768. The molecule has 0 saturated carbocycles. The van der Waals surface area contributed by atoms with Crippen molar-refractivity contribution >= 4 is 5.91 Å². The first-order valence-electron chi connectivity index (χ1n) is 9.56. The van der Waals surface area contributed by atoms with Gasteiger partial charge in [-0.15, -0.1) is 0 Å². The summed E-state index contributed by atoms with van der Waals surface area (Å²) in [5, 5.41) is 0. The fraction of sp³-hybridized carbons (Fsp3) is 0.476.